The van der Waals surface area contributed by atoms with Crippen molar-refractivity contribution < 1.29 is 20.4 Å². The average Bonchev–Trinajstić information content (AvgIpc) is 2.51. The molecule has 14 heavy (non-hydrogen) atoms. The van der Waals surface area contributed by atoms with Crippen LogP contribution in [0, 0.1) is 13.8 Å². The molecule has 1 atom stereocenters. The molecule has 0 saturated carbocycles. The first-order chi connectivity index (χ1) is 6.65. The van der Waals surface area contributed by atoms with Crippen molar-refractivity contribution in [1.82, 2.24) is 0 Å². The summed E-state index contributed by atoms with van der Waals surface area (Å²) >= 11 is 2.33. The van der Waals surface area contributed by atoms with E-state index in [1.165, 1.54) is 23.1 Å². The summed E-state index contributed by atoms with van der Waals surface area (Å²) in [6.45, 7) is 6.68. The minimum atomic E-state index is 0.634. The van der Waals surface area contributed by atoms with Gasteiger partial charge in [0, 0.05) is 0 Å². The van der Waals surface area contributed by atoms with E-state index in [0.717, 1.165) is 0 Å². The summed E-state index contributed by atoms with van der Waals surface area (Å²) in [7, 11) is 0. The zero-order chi connectivity index (χ0) is 10.3. The molecule has 0 aromatic heterocycles. The Bertz CT molecular complexity index is 402. The van der Waals surface area contributed by atoms with Gasteiger partial charge in [-0.05, 0) is 0 Å². The fourth-order valence-electron chi connectivity index (χ4n) is 2.19. The van der Waals surface area contributed by atoms with Crippen molar-refractivity contribution in [2.75, 3.05) is 0 Å². The average molecular weight is 219 g/mol. The third kappa shape index (κ3) is 1.41. The van der Waals surface area contributed by atoms with Crippen LogP contribution in [0.1, 0.15) is 39.8 Å². The number of aryl methyl sites for hydroxylation is 2. The Morgan fingerprint density at radius 2 is 1.86 bits per heavy atom. The number of hydrogen-bond acceptors (Lipinski definition) is 0. The van der Waals surface area contributed by atoms with Gasteiger partial charge in [0.15, 0.2) is 0 Å². The molecule has 1 aromatic carbocycles. The van der Waals surface area contributed by atoms with Gasteiger partial charge in [-0.1, -0.05) is 0 Å². The number of rotatable bonds is 1. The Hall–Kier alpha value is -0.326. The summed E-state index contributed by atoms with van der Waals surface area (Å²) in [5, 5.41) is 0. The van der Waals surface area contributed by atoms with E-state index >= 15 is 0 Å². The Morgan fingerprint density at radius 3 is 2.43 bits per heavy atom. The van der Waals surface area contributed by atoms with Gasteiger partial charge in [0.2, 0.25) is 0 Å². The Balaban J connectivity index is 2.62. The molecule has 0 aliphatic heterocycles. The van der Waals surface area contributed by atoms with Crippen LogP contribution in [0.5, 0.6) is 0 Å². The normalized spacial score (nSPS) is 19.3. The SMILES string of the molecule is CCC1=Cc2c(C)ccc(C)c2[CH]1[Ti]. The van der Waals surface area contributed by atoms with E-state index < -0.39 is 0 Å². The summed E-state index contributed by atoms with van der Waals surface area (Å²) in [4.78, 5) is 0. The van der Waals surface area contributed by atoms with E-state index in [0.29, 0.717) is 4.22 Å². The van der Waals surface area contributed by atoms with Crippen LogP contribution < -0.4 is 0 Å². The van der Waals surface area contributed by atoms with Gasteiger partial charge >= 0.3 is 97.9 Å². The van der Waals surface area contributed by atoms with Gasteiger partial charge in [-0.3, -0.25) is 0 Å². The molecule has 0 saturated heterocycles. The van der Waals surface area contributed by atoms with Crippen molar-refractivity contribution in [3.8, 4) is 0 Å². The number of hydrogen-bond donors (Lipinski definition) is 0. The van der Waals surface area contributed by atoms with E-state index in [9.17, 15) is 0 Å². The fourth-order valence-corrected chi connectivity index (χ4v) is 3.24. The van der Waals surface area contributed by atoms with Gasteiger partial charge in [0.05, 0.1) is 0 Å². The zero-order valence-electron chi connectivity index (χ0n) is 9.02. The first-order valence-corrected chi connectivity index (χ1v) is 6.07. The first kappa shape index (κ1) is 10.2. The second-order valence-corrected chi connectivity index (χ2v) is 4.93. The predicted octanol–water partition coefficient (Wildman–Crippen LogP) is 3.70. The fraction of sp³-hybridized carbons (Fsp3) is 0.385. The molecule has 0 amide bonds. The molecule has 71 valence electrons. The van der Waals surface area contributed by atoms with E-state index in [2.05, 4.69) is 59.4 Å². The summed E-state index contributed by atoms with van der Waals surface area (Å²) < 4.78 is 0.634. The summed E-state index contributed by atoms with van der Waals surface area (Å²) in [5.74, 6) is 0. The number of fused-ring (bicyclic) bond motifs is 1. The van der Waals surface area contributed by atoms with Crippen LogP contribution in [0.4, 0.5) is 0 Å². The van der Waals surface area contributed by atoms with Crippen LogP contribution in [0.15, 0.2) is 17.7 Å². The Kier molecular flexibility index (Phi) is 2.68. The van der Waals surface area contributed by atoms with Crippen LogP contribution in [0.25, 0.3) is 6.08 Å². The van der Waals surface area contributed by atoms with Crippen molar-refractivity contribution in [3.05, 3.63) is 40.0 Å². The van der Waals surface area contributed by atoms with E-state index in [1.807, 2.05) is 0 Å². The van der Waals surface area contributed by atoms with Gasteiger partial charge in [0.25, 0.3) is 0 Å². The molecule has 1 aliphatic carbocycles. The van der Waals surface area contributed by atoms with Crippen LogP contribution >= 0.6 is 0 Å². The van der Waals surface area contributed by atoms with Gasteiger partial charge in [-0.25, -0.2) is 0 Å². The molecular weight excluding hydrogens is 204 g/mol. The minimum absolute atomic E-state index is 0.634. The maximum atomic E-state index is 2.39. The number of benzene rings is 1. The molecule has 0 fully saturated rings. The predicted molar refractivity (Wildman–Crippen MR) is 56.9 cm³/mol. The van der Waals surface area contributed by atoms with Crippen molar-refractivity contribution in [2.45, 2.75) is 31.4 Å². The quantitative estimate of drug-likeness (QED) is 0.632. The molecule has 0 radical (unpaired) electrons. The summed E-state index contributed by atoms with van der Waals surface area (Å²) in [6, 6.07) is 4.48. The Morgan fingerprint density at radius 1 is 1.21 bits per heavy atom. The summed E-state index contributed by atoms with van der Waals surface area (Å²) in [6.07, 6.45) is 3.57. The van der Waals surface area contributed by atoms with Crippen LogP contribution in [0.2, 0.25) is 0 Å². The topological polar surface area (TPSA) is 0 Å². The molecule has 1 unspecified atom stereocenters. The maximum absolute atomic E-state index is 2.39. The van der Waals surface area contributed by atoms with Gasteiger partial charge in [-0.15, -0.1) is 0 Å². The van der Waals surface area contributed by atoms with Crippen LogP contribution in [-0.2, 0) is 20.4 Å². The second-order valence-electron chi connectivity index (χ2n) is 4.03. The molecule has 0 heterocycles. The van der Waals surface area contributed by atoms with E-state index in [4.69, 9.17) is 0 Å². The van der Waals surface area contributed by atoms with Gasteiger partial charge < -0.3 is 0 Å². The van der Waals surface area contributed by atoms with E-state index in [-0.39, 0.29) is 0 Å². The number of allylic oxidation sites excluding steroid dienone is 1. The summed E-state index contributed by atoms with van der Waals surface area (Å²) in [5.41, 5.74) is 7.48. The molecule has 0 bridgehead atoms. The van der Waals surface area contributed by atoms with Gasteiger partial charge in [0.1, 0.15) is 0 Å². The van der Waals surface area contributed by atoms with Crippen LogP contribution in [-0.4, -0.2) is 0 Å². The molecule has 1 heteroatoms. The molecule has 1 aromatic rings. The molecule has 0 N–H and O–H groups in total. The monoisotopic (exact) mass is 219 g/mol. The third-order valence-electron chi connectivity index (χ3n) is 3.12. The van der Waals surface area contributed by atoms with E-state index in [1.54, 1.807) is 11.1 Å². The molecular formula is C13H15Ti. The van der Waals surface area contributed by atoms with Crippen LogP contribution in [0.3, 0.4) is 0 Å². The molecule has 1 aliphatic rings. The van der Waals surface area contributed by atoms with Gasteiger partial charge in [-0.2, -0.15) is 0 Å². The third-order valence-corrected chi connectivity index (χ3v) is 4.15. The molecule has 0 nitrogen and oxygen atoms in total. The second kappa shape index (κ2) is 3.68. The zero-order valence-corrected chi connectivity index (χ0v) is 10.6. The van der Waals surface area contributed by atoms with Crippen molar-refractivity contribution in [1.29, 1.82) is 0 Å². The van der Waals surface area contributed by atoms with Crippen molar-refractivity contribution in [3.63, 3.8) is 0 Å². The molecule has 0 spiro atoms. The molecule has 2 rings (SSSR count). The Labute approximate surface area is 97.8 Å². The van der Waals surface area contributed by atoms with Crippen molar-refractivity contribution in [2.24, 2.45) is 0 Å². The van der Waals surface area contributed by atoms with Crippen molar-refractivity contribution >= 4 is 6.08 Å². The first-order valence-electron chi connectivity index (χ1n) is 5.16. The standard InChI is InChI=1S/C13H15.Ti/c1-4-11-7-12-9(2)5-6-10(3)13(12)8-11;/h5-8H,4H2,1-3H3;.